The summed E-state index contributed by atoms with van der Waals surface area (Å²) in [5.74, 6) is 8.73. The van der Waals surface area contributed by atoms with E-state index in [2.05, 4.69) is 17.8 Å². The summed E-state index contributed by atoms with van der Waals surface area (Å²) in [6.07, 6.45) is 5.22. The van der Waals surface area contributed by atoms with Gasteiger partial charge in [0.25, 0.3) is 0 Å². The molecule has 0 radical (unpaired) electrons. The van der Waals surface area contributed by atoms with Gasteiger partial charge in [0.2, 0.25) is 0 Å². The maximum absolute atomic E-state index is 9.78. The van der Waals surface area contributed by atoms with Crippen LogP contribution in [0.5, 0.6) is 23.0 Å². The van der Waals surface area contributed by atoms with Crippen LogP contribution in [0, 0.1) is 24.2 Å². The van der Waals surface area contributed by atoms with Crippen molar-refractivity contribution in [2.45, 2.75) is 6.92 Å². The van der Waals surface area contributed by atoms with Gasteiger partial charge in [-0.15, -0.1) is 12.3 Å². The van der Waals surface area contributed by atoms with Crippen molar-refractivity contribution >= 4 is 0 Å². The van der Waals surface area contributed by atoms with Gasteiger partial charge in [0.15, 0.2) is 0 Å². The number of ether oxygens (including phenoxy) is 1. The summed E-state index contributed by atoms with van der Waals surface area (Å²) in [6, 6.07) is 9.47. The van der Waals surface area contributed by atoms with Crippen molar-refractivity contribution in [2.24, 2.45) is 0 Å². The lowest BCUT2D eigenvalue weighted by Crippen LogP contribution is -1.86. The van der Waals surface area contributed by atoms with Gasteiger partial charge in [0, 0.05) is 12.1 Å². The summed E-state index contributed by atoms with van der Waals surface area (Å²) in [5, 5.41) is 19.4. The summed E-state index contributed by atoms with van der Waals surface area (Å²) < 4.78 is 5.54. The van der Waals surface area contributed by atoms with Crippen LogP contribution in [-0.2, 0) is 0 Å². The highest BCUT2D eigenvalue weighted by atomic mass is 16.5. The van der Waals surface area contributed by atoms with Crippen molar-refractivity contribution in [1.29, 1.82) is 0 Å². The lowest BCUT2D eigenvalue weighted by molar-refractivity contribution is 0.445. The molecule has 0 saturated heterocycles. The molecule has 0 aliphatic heterocycles. The largest absolute Gasteiger partial charge is 0.507 e. The number of aromatic hydroxyl groups is 2. The first-order valence-corrected chi connectivity index (χ1v) is 5.87. The van der Waals surface area contributed by atoms with Gasteiger partial charge < -0.3 is 14.9 Å². The predicted molar refractivity (Wildman–Crippen MR) is 76.8 cm³/mol. The second-order valence-electron chi connectivity index (χ2n) is 3.98. The van der Waals surface area contributed by atoms with E-state index >= 15 is 0 Å². The van der Waals surface area contributed by atoms with E-state index in [4.69, 9.17) is 11.2 Å². The Bertz CT molecular complexity index is 743. The van der Waals surface area contributed by atoms with Crippen LogP contribution in [0.2, 0.25) is 0 Å². The highest BCUT2D eigenvalue weighted by Crippen LogP contribution is 2.30. The molecule has 0 bridgehead atoms. The Kier molecular flexibility index (Phi) is 3.84. The third kappa shape index (κ3) is 2.85. The molecule has 20 heavy (non-hydrogen) atoms. The van der Waals surface area contributed by atoms with Crippen LogP contribution >= 0.6 is 0 Å². The van der Waals surface area contributed by atoms with E-state index in [0.29, 0.717) is 22.6 Å². The molecule has 3 nitrogen and oxygen atoms in total. The van der Waals surface area contributed by atoms with Crippen LogP contribution in [0.25, 0.3) is 0 Å². The molecule has 0 heterocycles. The Labute approximate surface area is 117 Å². The van der Waals surface area contributed by atoms with E-state index in [1.165, 1.54) is 12.1 Å². The van der Waals surface area contributed by atoms with Gasteiger partial charge >= 0.3 is 0 Å². The molecule has 0 unspecified atom stereocenters. The maximum Gasteiger partial charge on any atom is 0.134 e. The zero-order valence-corrected chi connectivity index (χ0v) is 10.8. The van der Waals surface area contributed by atoms with Crippen LogP contribution < -0.4 is 4.74 Å². The fourth-order valence-corrected chi connectivity index (χ4v) is 1.65. The number of phenolic OH excluding ortho intramolecular Hbond substituents is 2. The third-order valence-electron chi connectivity index (χ3n) is 2.59. The molecule has 2 N–H and O–H groups in total. The van der Waals surface area contributed by atoms with Gasteiger partial charge in [-0.25, -0.2) is 0 Å². The number of hydrogen-bond donors (Lipinski definition) is 2. The molecule has 0 fully saturated rings. The van der Waals surface area contributed by atoms with Crippen molar-refractivity contribution in [1.82, 2.24) is 0 Å². The van der Waals surface area contributed by atoms with E-state index in [-0.39, 0.29) is 11.5 Å². The SMILES string of the molecule is C#Cc1ccc(Oc2ccc(C#CC)c(O)c2)cc1O. The van der Waals surface area contributed by atoms with Crippen molar-refractivity contribution < 1.29 is 14.9 Å². The molecule has 2 rings (SSSR count). The third-order valence-corrected chi connectivity index (χ3v) is 2.59. The van der Waals surface area contributed by atoms with Crippen molar-refractivity contribution in [3.63, 3.8) is 0 Å². The minimum atomic E-state index is -0.0253. The molecule has 0 aliphatic carbocycles. The molecular formula is C17H12O3. The van der Waals surface area contributed by atoms with Crippen molar-refractivity contribution in [3.8, 4) is 47.2 Å². The van der Waals surface area contributed by atoms with Crippen LogP contribution in [0.15, 0.2) is 36.4 Å². The molecule has 0 amide bonds. The lowest BCUT2D eigenvalue weighted by Gasteiger charge is -2.08. The smallest absolute Gasteiger partial charge is 0.134 e. The van der Waals surface area contributed by atoms with Gasteiger partial charge in [-0.3, -0.25) is 0 Å². The fraction of sp³-hybridized carbons (Fsp3) is 0.0588. The number of terminal acetylenes is 1. The molecule has 0 aromatic heterocycles. The first-order chi connectivity index (χ1) is 9.63. The first kappa shape index (κ1) is 13.4. The van der Waals surface area contributed by atoms with Gasteiger partial charge in [-0.1, -0.05) is 11.8 Å². The van der Waals surface area contributed by atoms with Crippen LogP contribution in [0.4, 0.5) is 0 Å². The standard InChI is InChI=1S/C17H12O3/c1-3-5-13-7-9-15(11-17(13)19)20-14-8-6-12(4-2)16(18)10-14/h2,6-11,18-19H,1H3. The minimum absolute atomic E-state index is 0.0253. The topological polar surface area (TPSA) is 49.7 Å². The van der Waals surface area contributed by atoms with Crippen molar-refractivity contribution in [2.75, 3.05) is 0 Å². The summed E-state index contributed by atoms with van der Waals surface area (Å²) in [6.45, 7) is 1.69. The Morgan fingerprint density at radius 2 is 1.50 bits per heavy atom. The molecule has 0 saturated carbocycles. The number of hydrogen-bond acceptors (Lipinski definition) is 3. The van der Waals surface area contributed by atoms with Crippen molar-refractivity contribution in [3.05, 3.63) is 47.5 Å². The molecule has 3 heteroatoms. The molecule has 2 aromatic carbocycles. The minimum Gasteiger partial charge on any atom is -0.507 e. The highest BCUT2D eigenvalue weighted by molar-refractivity contribution is 5.51. The quantitative estimate of drug-likeness (QED) is 0.819. The fourth-order valence-electron chi connectivity index (χ4n) is 1.65. The summed E-state index contributed by atoms with van der Waals surface area (Å²) in [7, 11) is 0. The zero-order valence-electron chi connectivity index (χ0n) is 10.8. The molecule has 0 aliphatic rings. The number of rotatable bonds is 2. The predicted octanol–water partition coefficient (Wildman–Crippen LogP) is 3.24. The molecule has 2 aromatic rings. The summed E-state index contributed by atoms with van der Waals surface area (Å²) in [4.78, 5) is 0. The van der Waals surface area contributed by atoms with E-state index in [0.717, 1.165) is 0 Å². The molecule has 98 valence electrons. The number of benzene rings is 2. The Hall–Kier alpha value is -3.04. The first-order valence-electron chi connectivity index (χ1n) is 5.87. The summed E-state index contributed by atoms with van der Waals surface area (Å²) in [5.41, 5.74) is 0.930. The monoisotopic (exact) mass is 264 g/mol. The average Bonchev–Trinajstić information content (AvgIpc) is 2.42. The molecule has 0 spiro atoms. The summed E-state index contributed by atoms with van der Waals surface area (Å²) >= 11 is 0. The Morgan fingerprint density at radius 3 is 1.95 bits per heavy atom. The molecule has 0 atom stereocenters. The van der Waals surface area contributed by atoms with E-state index in [1.807, 2.05) is 0 Å². The lowest BCUT2D eigenvalue weighted by atomic mass is 10.2. The van der Waals surface area contributed by atoms with Crippen LogP contribution in [-0.4, -0.2) is 10.2 Å². The van der Waals surface area contributed by atoms with E-state index in [1.54, 1.807) is 31.2 Å². The Balaban J connectivity index is 2.26. The zero-order chi connectivity index (χ0) is 14.5. The number of phenols is 2. The molecular weight excluding hydrogens is 252 g/mol. The maximum atomic E-state index is 9.78. The van der Waals surface area contributed by atoms with Gasteiger partial charge in [-0.2, -0.15) is 0 Å². The Morgan fingerprint density at radius 1 is 0.950 bits per heavy atom. The average molecular weight is 264 g/mol. The van der Waals surface area contributed by atoms with Gasteiger partial charge in [0.1, 0.15) is 23.0 Å². The highest BCUT2D eigenvalue weighted by Gasteiger charge is 2.05. The van der Waals surface area contributed by atoms with Gasteiger partial charge in [0.05, 0.1) is 11.1 Å². The normalized spacial score (nSPS) is 9.20. The second kappa shape index (κ2) is 5.73. The second-order valence-corrected chi connectivity index (χ2v) is 3.98. The van der Waals surface area contributed by atoms with E-state index in [9.17, 15) is 10.2 Å². The van der Waals surface area contributed by atoms with E-state index < -0.39 is 0 Å². The van der Waals surface area contributed by atoms with Crippen LogP contribution in [0.1, 0.15) is 18.1 Å². The van der Waals surface area contributed by atoms with Crippen LogP contribution in [0.3, 0.4) is 0 Å². The van der Waals surface area contributed by atoms with Gasteiger partial charge in [-0.05, 0) is 31.2 Å².